The number of hydrogen-bond donors (Lipinski definition) is 1. The lowest BCUT2D eigenvalue weighted by Gasteiger charge is -2.33. The lowest BCUT2D eigenvalue weighted by molar-refractivity contribution is 0.198. The zero-order valence-corrected chi connectivity index (χ0v) is 17.7. The van der Waals surface area contributed by atoms with Crippen molar-refractivity contribution in [3.05, 3.63) is 69.5 Å². The Morgan fingerprint density at radius 2 is 2.10 bits per heavy atom. The molecule has 1 saturated heterocycles. The summed E-state index contributed by atoms with van der Waals surface area (Å²) >= 11 is 0. The summed E-state index contributed by atoms with van der Waals surface area (Å²) < 4.78 is 5.44. The third kappa shape index (κ3) is 4.26. The summed E-state index contributed by atoms with van der Waals surface area (Å²) in [5, 5.41) is 0. The number of piperidine rings is 1. The molecule has 156 valence electrons. The van der Waals surface area contributed by atoms with Crippen LogP contribution in [0, 0.1) is 13.8 Å². The van der Waals surface area contributed by atoms with E-state index < -0.39 is 0 Å². The van der Waals surface area contributed by atoms with Crippen molar-refractivity contribution in [3.8, 4) is 17.3 Å². The molecule has 1 aliphatic rings. The maximum atomic E-state index is 12.3. The monoisotopic (exact) mass is 405 g/mol. The number of H-pyrrole nitrogens is 1. The second kappa shape index (κ2) is 8.75. The first kappa shape index (κ1) is 20.2. The average molecular weight is 406 g/mol. The van der Waals surface area contributed by atoms with Crippen LogP contribution in [0.5, 0.6) is 5.75 Å². The highest BCUT2D eigenvalue weighted by molar-refractivity contribution is 5.47. The summed E-state index contributed by atoms with van der Waals surface area (Å²) in [4.78, 5) is 30.6. The van der Waals surface area contributed by atoms with E-state index in [0.717, 1.165) is 43.9 Å². The van der Waals surface area contributed by atoms with E-state index in [1.165, 1.54) is 16.7 Å². The fourth-order valence-corrected chi connectivity index (χ4v) is 4.15. The van der Waals surface area contributed by atoms with Crippen molar-refractivity contribution in [2.24, 2.45) is 0 Å². The van der Waals surface area contributed by atoms with Gasteiger partial charge in [-0.1, -0.05) is 6.07 Å². The van der Waals surface area contributed by atoms with Crippen LogP contribution in [-0.2, 0) is 6.54 Å². The summed E-state index contributed by atoms with van der Waals surface area (Å²) in [6.07, 6.45) is 6.92. The Morgan fingerprint density at radius 3 is 2.87 bits per heavy atom. The average Bonchev–Trinajstić information content (AvgIpc) is 2.77. The maximum absolute atomic E-state index is 12.3. The van der Waals surface area contributed by atoms with Crippen molar-refractivity contribution >= 4 is 0 Å². The van der Waals surface area contributed by atoms with E-state index in [-0.39, 0.29) is 11.5 Å². The minimum Gasteiger partial charge on any atom is -0.496 e. The molecule has 1 fully saturated rings. The number of aromatic nitrogens is 4. The summed E-state index contributed by atoms with van der Waals surface area (Å²) in [5.41, 5.74) is 5.02. The van der Waals surface area contributed by atoms with Crippen LogP contribution in [0.4, 0.5) is 0 Å². The van der Waals surface area contributed by atoms with Crippen molar-refractivity contribution in [2.75, 3.05) is 20.2 Å². The van der Waals surface area contributed by atoms with Gasteiger partial charge in [-0.25, -0.2) is 9.97 Å². The third-order valence-electron chi connectivity index (χ3n) is 5.95. The first-order valence-electron chi connectivity index (χ1n) is 10.3. The Bertz CT molecular complexity index is 1080. The molecule has 7 nitrogen and oxygen atoms in total. The highest BCUT2D eigenvalue weighted by Crippen LogP contribution is 2.29. The molecule has 0 saturated carbocycles. The SMILES string of the molecule is COc1ccc(CN2CCC[C@@H](c3cc(=O)[nH]c(-c4cnccn4)n3)C2)c(C)c1C. The highest BCUT2D eigenvalue weighted by atomic mass is 16.5. The Kier molecular flexibility index (Phi) is 5.90. The summed E-state index contributed by atoms with van der Waals surface area (Å²) in [7, 11) is 1.71. The van der Waals surface area contributed by atoms with E-state index in [0.29, 0.717) is 11.5 Å². The van der Waals surface area contributed by atoms with Gasteiger partial charge < -0.3 is 9.72 Å². The first-order valence-corrected chi connectivity index (χ1v) is 10.3. The second-order valence-corrected chi connectivity index (χ2v) is 7.86. The van der Waals surface area contributed by atoms with Crippen molar-refractivity contribution in [2.45, 2.75) is 39.2 Å². The molecule has 1 aliphatic heterocycles. The number of benzene rings is 1. The molecule has 30 heavy (non-hydrogen) atoms. The Morgan fingerprint density at radius 1 is 1.23 bits per heavy atom. The molecule has 2 aromatic heterocycles. The largest absolute Gasteiger partial charge is 0.496 e. The molecule has 0 spiro atoms. The molecule has 3 heterocycles. The molecule has 0 aliphatic carbocycles. The molecule has 1 aromatic carbocycles. The number of nitrogens with zero attached hydrogens (tertiary/aromatic N) is 4. The van der Waals surface area contributed by atoms with Gasteiger partial charge in [-0.2, -0.15) is 0 Å². The molecular weight excluding hydrogens is 378 g/mol. The number of aromatic amines is 1. The number of nitrogens with one attached hydrogen (secondary N) is 1. The van der Waals surface area contributed by atoms with Gasteiger partial charge in [-0.05, 0) is 56.0 Å². The van der Waals surface area contributed by atoms with Gasteiger partial charge in [0, 0.05) is 37.5 Å². The van der Waals surface area contributed by atoms with Crippen LogP contribution < -0.4 is 10.3 Å². The molecule has 7 heteroatoms. The number of ether oxygens (including phenoxy) is 1. The molecule has 0 radical (unpaired) electrons. The topological polar surface area (TPSA) is 84.0 Å². The van der Waals surface area contributed by atoms with Crippen LogP contribution in [0.15, 0.2) is 41.6 Å². The minimum atomic E-state index is -0.153. The lowest BCUT2D eigenvalue weighted by Crippen LogP contribution is -2.35. The van der Waals surface area contributed by atoms with Crippen LogP contribution >= 0.6 is 0 Å². The zero-order valence-electron chi connectivity index (χ0n) is 17.7. The summed E-state index contributed by atoms with van der Waals surface area (Å²) in [5.74, 6) is 1.62. The van der Waals surface area contributed by atoms with E-state index in [1.54, 1.807) is 31.8 Å². The number of hydrogen-bond acceptors (Lipinski definition) is 6. The fourth-order valence-electron chi connectivity index (χ4n) is 4.15. The quantitative estimate of drug-likeness (QED) is 0.702. The second-order valence-electron chi connectivity index (χ2n) is 7.86. The van der Waals surface area contributed by atoms with Gasteiger partial charge in [0.25, 0.3) is 5.56 Å². The van der Waals surface area contributed by atoms with Gasteiger partial charge >= 0.3 is 0 Å². The van der Waals surface area contributed by atoms with E-state index in [9.17, 15) is 4.79 Å². The predicted octanol–water partition coefficient (Wildman–Crippen LogP) is 3.23. The van der Waals surface area contributed by atoms with Crippen LogP contribution in [0.25, 0.3) is 11.5 Å². The molecule has 0 bridgehead atoms. The van der Waals surface area contributed by atoms with Gasteiger partial charge in [-0.15, -0.1) is 0 Å². The Balaban J connectivity index is 1.54. The van der Waals surface area contributed by atoms with E-state index >= 15 is 0 Å². The number of likely N-dealkylation sites (tertiary alicyclic amines) is 1. The number of rotatable bonds is 5. The summed E-state index contributed by atoms with van der Waals surface area (Å²) in [6, 6.07) is 5.82. The van der Waals surface area contributed by atoms with Gasteiger partial charge in [0.05, 0.1) is 19.0 Å². The lowest BCUT2D eigenvalue weighted by atomic mass is 9.93. The summed E-state index contributed by atoms with van der Waals surface area (Å²) in [6.45, 7) is 7.06. The predicted molar refractivity (Wildman–Crippen MR) is 116 cm³/mol. The standard InChI is InChI=1S/C23H27N5O2/c1-15-16(2)21(30-3)7-6-17(15)13-28-10-4-5-18(14-28)19-11-22(29)27-23(26-19)20-12-24-8-9-25-20/h6-9,11-12,18H,4-5,10,13-14H2,1-3H3,(H,26,27,29)/t18-/m1/s1. The van der Waals surface area contributed by atoms with Crippen LogP contribution in [0.2, 0.25) is 0 Å². The molecule has 0 unspecified atom stereocenters. The normalized spacial score (nSPS) is 17.1. The van der Waals surface area contributed by atoms with Crippen molar-refractivity contribution in [1.82, 2.24) is 24.8 Å². The van der Waals surface area contributed by atoms with E-state index in [4.69, 9.17) is 9.72 Å². The smallest absolute Gasteiger partial charge is 0.251 e. The molecule has 1 atom stereocenters. The molecule has 1 N–H and O–H groups in total. The molecular formula is C23H27N5O2. The highest BCUT2D eigenvalue weighted by Gasteiger charge is 2.24. The molecule has 4 rings (SSSR count). The molecule has 3 aromatic rings. The Labute approximate surface area is 176 Å². The molecule has 0 amide bonds. The Hall–Kier alpha value is -3.06. The zero-order chi connectivity index (χ0) is 21.1. The van der Waals surface area contributed by atoms with Crippen molar-refractivity contribution < 1.29 is 4.74 Å². The van der Waals surface area contributed by atoms with Crippen molar-refractivity contribution in [1.29, 1.82) is 0 Å². The van der Waals surface area contributed by atoms with E-state index in [2.05, 4.69) is 39.8 Å². The van der Waals surface area contributed by atoms with Crippen molar-refractivity contribution in [3.63, 3.8) is 0 Å². The van der Waals surface area contributed by atoms with Gasteiger partial charge in [-0.3, -0.25) is 14.7 Å². The van der Waals surface area contributed by atoms with Crippen LogP contribution in [-0.4, -0.2) is 45.0 Å². The maximum Gasteiger partial charge on any atom is 0.251 e. The van der Waals surface area contributed by atoms with Gasteiger partial charge in [0.2, 0.25) is 0 Å². The van der Waals surface area contributed by atoms with Gasteiger partial charge in [0.1, 0.15) is 11.4 Å². The van der Waals surface area contributed by atoms with E-state index in [1.807, 2.05) is 6.07 Å². The fraction of sp³-hybridized carbons (Fsp3) is 0.391. The minimum absolute atomic E-state index is 0.153. The van der Waals surface area contributed by atoms with Crippen LogP contribution in [0.3, 0.4) is 0 Å². The number of methoxy groups -OCH3 is 1. The van der Waals surface area contributed by atoms with Crippen LogP contribution in [0.1, 0.15) is 41.1 Å². The van der Waals surface area contributed by atoms with Gasteiger partial charge in [0.15, 0.2) is 5.82 Å². The first-order chi connectivity index (χ1) is 14.5. The third-order valence-corrected chi connectivity index (χ3v) is 5.95.